The largest absolute Gasteiger partial charge is 0.494 e. The maximum Gasteiger partial charge on any atom is 0.494 e. The van der Waals surface area contributed by atoms with Gasteiger partial charge in [-0.05, 0) is 45.3 Å². The monoisotopic (exact) mass is 673 g/mol. The molecule has 0 spiro atoms. The number of aliphatic hydroxyl groups excluding tert-OH is 5. The Kier molecular flexibility index (Phi) is 11.7. The van der Waals surface area contributed by atoms with Gasteiger partial charge >= 0.3 is 13.1 Å². The number of benzene rings is 1. The third kappa shape index (κ3) is 8.28. The summed E-state index contributed by atoms with van der Waals surface area (Å²) in [5, 5.41) is 49.0. The molecular formula is C27H40BN3O14S. The number of aliphatic hydroxyl groups is 5. The summed E-state index contributed by atoms with van der Waals surface area (Å²) in [7, 11) is -4.51. The Morgan fingerprint density at radius 3 is 2.07 bits per heavy atom. The van der Waals surface area contributed by atoms with Gasteiger partial charge in [0.1, 0.15) is 31.0 Å². The topological polar surface area (TPSA) is 241 Å². The first kappa shape index (κ1) is 37.5. The lowest BCUT2D eigenvalue weighted by molar-refractivity contribution is -0.197. The van der Waals surface area contributed by atoms with Crippen LogP contribution in [-0.4, -0.2) is 148 Å². The van der Waals surface area contributed by atoms with Crippen LogP contribution in [0.5, 0.6) is 0 Å². The summed E-state index contributed by atoms with van der Waals surface area (Å²) >= 11 is 0. The first-order valence-corrected chi connectivity index (χ1v) is 15.7. The van der Waals surface area contributed by atoms with E-state index in [1.807, 2.05) is 27.7 Å². The molecule has 46 heavy (non-hydrogen) atoms. The van der Waals surface area contributed by atoms with E-state index in [0.29, 0.717) is 9.77 Å². The predicted molar refractivity (Wildman–Crippen MR) is 157 cm³/mol. The van der Waals surface area contributed by atoms with E-state index in [1.54, 1.807) is 6.07 Å². The lowest BCUT2D eigenvalue weighted by atomic mass is 9.79. The fourth-order valence-corrected chi connectivity index (χ4v) is 5.82. The van der Waals surface area contributed by atoms with Crippen LogP contribution in [0.2, 0.25) is 0 Å². The molecule has 256 valence electrons. The van der Waals surface area contributed by atoms with Gasteiger partial charge in [0.05, 0.1) is 29.2 Å². The molecule has 3 rings (SSSR count). The van der Waals surface area contributed by atoms with Crippen LogP contribution in [-0.2, 0) is 43.3 Å². The highest BCUT2D eigenvalue weighted by atomic mass is 32.2. The molecule has 0 saturated carbocycles. The highest BCUT2D eigenvalue weighted by molar-refractivity contribution is 7.89. The van der Waals surface area contributed by atoms with Gasteiger partial charge < -0.3 is 44.6 Å². The second kappa shape index (κ2) is 14.4. The van der Waals surface area contributed by atoms with Crippen molar-refractivity contribution < 1.29 is 67.3 Å². The number of rotatable bonds is 14. The van der Waals surface area contributed by atoms with Crippen LogP contribution < -0.4 is 5.46 Å². The molecule has 1 aromatic rings. The first-order chi connectivity index (χ1) is 21.2. The highest BCUT2D eigenvalue weighted by Crippen LogP contribution is 2.36. The maximum atomic E-state index is 13.9. The number of carbonyl (C=O) groups excluding carboxylic acids is 4. The van der Waals surface area contributed by atoms with Crippen molar-refractivity contribution in [1.82, 2.24) is 14.3 Å². The van der Waals surface area contributed by atoms with Crippen molar-refractivity contribution in [1.29, 1.82) is 0 Å². The van der Waals surface area contributed by atoms with Gasteiger partial charge in [0.25, 0.3) is 11.8 Å². The summed E-state index contributed by atoms with van der Waals surface area (Å²) in [6.45, 7) is 3.52. The van der Waals surface area contributed by atoms with Crippen LogP contribution in [0, 0.1) is 0 Å². The second-order valence-corrected chi connectivity index (χ2v) is 14.0. The Morgan fingerprint density at radius 1 is 0.978 bits per heavy atom. The molecule has 2 aliphatic rings. The van der Waals surface area contributed by atoms with Crippen LogP contribution in [0.3, 0.4) is 0 Å². The van der Waals surface area contributed by atoms with Gasteiger partial charge in [-0.3, -0.25) is 14.4 Å². The first-order valence-electron chi connectivity index (χ1n) is 14.3. The third-order valence-corrected chi connectivity index (χ3v) is 9.84. The summed E-state index contributed by atoms with van der Waals surface area (Å²) in [6, 6.07) is 5.42. The zero-order chi connectivity index (χ0) is 34.8. The van der Waals surface area contributed by atoms with E-state index >= 15 is 0 Å². The van der Waals surface area contributed by atoms with E-state index in [0.717, 1.165) is 11.9 Å². The number of amides is 3. The molecule has 2 fully saturated rings. The van der Waals surface area contributed by atoms with Gasteiger partial charge in [-0.2, -0.15) is 4.31 Å². The van der Waals surface area contributed by atoms with E-state index in [9.17, 15) is 48.0 Å². The normalized spacial score (nSPS) is 20.5. The Bertz CT molecular complexity index is 1390. The molecule has 17 nitrogen and oxygen atoms in total. The van der Waals surface area contributed by atoms with Crippen molar-refractivity contribution in [3.63, 3.8) is 0 Å². The lowest BCUT2D eigenvalue weighted by Gasteiger charge is -2.32. The van der Waals surface area contributed by atoms with Crippen LogP contribution in [0.25, 0.3) is 0 Å². The van der Waals surface area contributed by atoms with Crippen molar-refractivity contribution in [2.75, 3.05) is 33.3 Å². The summed E-state index contributed by atoms with van der Waals surface area (Å²) in [4.78, 5) is 55.1. The van der Waals surface area contributed by atoms with Gasteiger partial charge in [-0.1, -0.05) is 12.1 Å². The predicted octanol–water partition coefficient (Wildman–Crippen LogP) is -3.52. The number of imide groups is 1. The number of likely N-dealkylation sites (N-methyl/N-ethyl adjacent to an activating group) is 1. The SMILES string of the molecule is CN(C[C@@H](O)[C@H](O)[C@@H](O)[C@@H](O)CO)C(=O)CN(CC(=O)ON1C(=O)CCC1=O)S(=O)(=O)c1cccc(B2OC(C)(C)C(C)(C)O2)c1. The van der Waals surface area contributed by atoms with E-state index < -0.39 is 103 Å². The molecule has 0 unspecified atom stereocenters. The van der Waals surface area contributed by atoms with Crippen LogP contribution in [0.4, 0.5) is 0 Å². The molecule has 5 N–H and O–H groups in total. The minimum Gasteiger partial charge on any atom is -0.399 e. The molecule has 2 aliphatic heterocycles. The summed E-state index contributed by atoms with van der Waals surface area (Å²) in [6.07, 6.45) is -8.02. The fraction of sp³-hybridized carbons (Fsp3) is 0.630. The minimum absolute atomic E-state index is 0.207. The number of sulfonamides is 1. The van der Waals surface area contributed by atoms with E-state index in [1.165, 1.54) is 18.2 Å². The van der Waals surface area contributed by atoms with Crippen molar-refractivity contribution >= 4 is 46.3 Å². The second-order valence-electron chi connectivity index (χ2n) is 12.1. The molecule has 0 aliphatic carbocycles. The van der Waals surface area contributed by atoms with Crippen LogP contribution in [0.15, 0.2) is 29.2 Å². The maximum absolute atomic E-state index is 13.9. The van der Waals surface area contributed by atoms with Crippen molar-refractivity contribution in [3.8, 4) is 0 Å². The zero-order valence-electron chi connectivity index (χ0n) is 26.1. The number of hydrogen-bond donors (Lipinski definition) is 5. The Labute approximate surface area is 266 Å². The number of hydroxylamine groups is 2. The van der Waals surface area contributed by atoms with E-state index in [2.05, 4.69) is 0 Å². The van der Waals surface area contributed by atoms with Gasteiger partial charge in [-0.25, -0.2) is 13.2 Å². The number of carbonyl (C=O) groups is 4. The quantitative estimate of drug-likeness (QED) is 0.0951. The van der Waals surface area contributed by atoms with Crippen LogP contribution >= 0.6 is 0 Å². The lowest BCUT2D eigenvalue weighted by Crippen LogP contribution is -2.51. The average Bonchev–Trinajstić information content (AvgIpc) is 3.42. The Hall–Kier alpha value is -3.01. The molecule has 0 bridgehead atoms. The van der Waals surface area contributed by atoms with Crippen molar-refractivity contribution in [2.24, 2.45) is 0 Å². The van der Waals surface area contributed by atoms with E-state index in [4.69, 9.17) is 19.3 Å². The molecule has 2 saturated heterocycles. The number of hydrogen-bond acceptors (Lipinski definition) is 14. The molecule has 1 aromatic carbocycles. The summed E-state index contributed by atoms with van der Waals surface area (Å²) in [5.74, 6) is -3.95. The third-order valence-electron chi connectivity index (χ3n) is 8.05. The Balaban J connectivity index is 1.87. The van der Waals surface area contributed by atoms with Crippen LogP contribution in [0.1, 0.15) is 40.5 Å². The summed E-state index contributed by atoms with van der Waals surface area (Å²) in [5.41, 5.74) is -1.16. The molecule has 3 amide bonds. The molecule has 19 heteroatoms. The van der Waals surface area contributed by atoms with Gasteiger partial charge in [0, 0.05) is 26.4 Å². The smallest absolute Gasteiger partial charge is 0.399 e. The standard InChI is InChI=1S/C27H40BN3O14S/c1-26(2)27(3,4)45-28(44-26)16-7-6-8-17(11-16)46(41,42)30(14-23(38)43-31-20(35)9-10-21(31)36)13-22(37)29(5)12-18(33)24(39)25(40)19(34)15-32/h6-8,11,18-19,24-25,32-34,39-40H,9-10,12-15H2,1-5H3/t18-,19+,24+,25+/m1/s1. The molecule has 4 atom stereocenters. The Morgan fingerprint density at radius 2 is 1.52 bits per heavy atom. The molecule has 0 radical (unpaired) electrons. The van der Waals surface area contributed by atoms with Gasteiger partial charge in [0.2, 0.25) is 15.9 Å². The minimum atomic E-state index is -4.70. The highest BCUT2D eigenvalue weighted by Gasteiger charge is 2.52. The van der Waals surface area contributed by atoms with E-state index in [-0.39, 0.29) is 22.8 Å². The molecular weight excluding hydrogens is 633 g/mol. The molecule has 0 aromatic heterocycles. The number of nitrogens with zero attached hydrogens (tertiary/aromatic N) is 3. The average molecular weight is 674 g/mol. The van der Waals surface area contributed by atoms with Crippen molar-refractivity contribution in [2.45, 2.75) is 81.1 Å². The fourth-order valence-electron chi connectivity index (χ4n) is 4.43. The molecule has 2 heterocycles. The van der Waals surface area contributed by atoms with Gasteiger partial charge in [0.15, 0.2) is 0 Å². The van der Waals surface area contributed by atoms with Crippen molar-refractivity contribution in [3.05, 3.63) is 24.3 Å². The zero-order valence-corrected chi connectivity index (χ0v) is 26.9. The van der Waals surface area contributed by atoms with Gasteiger partial charge in [-0.15, -0.1) is 5.06 Å². The summed E-state index contributed by atoms with van der Waals surface area (Å²) < 4.78 is 40.2.